The van der Waals surface area contributed by atoms with Crippen LogP contribution in [0, 0.1) is 0 Å². The first kappa shape index (κ1) is 23.6. The lowest BCUT2D eigenvalue weighted by molar-refractivity contribution is -0.131. The minimum atomic E-state index is -4.15. The molecule has 0 saturated heterocycles. The van der Waals surface area contributed by atoms with Crippen LogP contribution in [-0.4, -0.2) is 34.3 Å². The first-order valence-electron chi connectivity index (χ1n) is 9.43. The molecule has 0 bridgehead atoms. The minimum Gasteiger partial charge on any atom is -0.440 e. The van der Waals surface area contributed by atoms with E-state index in [2.05, 4.69) is 13.9 Å². The summed E-state index contributed by atoms with van der Waals surface area (Å²) in [5.41, 5.74) is 1.96. The van der Waals surface area contributed by atoms with Crippen LogP contribution < -0.4 is 9.86 Å². The molecule has 3 rings (SSSR count). The molecule has 0 fully saturated rings. The second-order valence-electron chi connectivity index (χ2n) is 6.75. The Hall–Kier alpha value is -3.06. The number of nitrogens with two attached hydrogens (primary N) is 1. The topological polar surface area (TPSA) is 159 Å². The number of benzene rings is 2. The number of hydrogen-bond donors (Lipinski definition) is 2. The van der Waals surface area contributed by atoms with Gasteiger partial charge in [-0.3, -0.25) is 4.79 Å². The summed E-state index contributed by atoms with van der Waals surface area (Å²) in [5, 5.41) is 5.16. The zero-order valence-corrected chi connectivity index (χ0v) is 18.6. The Morgan fingerprint density at radius 3 is 2.28 bits per heavy atom. The fraction of sp³-hybridized carbons (Fsp3) is 0.200. The molecule has 0 radical (unpaired) electrons. The van der Waals surface area contributed by atoms with Crippen molar-refractivity contribution in [2.24, 2.45) is 5.14 Å². The summed E-state index contributed by atoms with van der Waals surface area (Å²) in [7, 11) is -7.98. The lowest BCUT2D eigenvalue weighted by Gasteiger charge is -2.04. The Kier molecular flexibility index (Phi) is 7.09. The maximum absolute atomic E-state index is 11.5. The molecule has 0 unspecified atom stereocenters. The highest BCUT2D eigenvalue weighted by molar-refractivity contribution is 7.89. The van der Waals surface area contributed by atoms with Crippen LogP contribution in [-0.2, 0) is 35.7 Å². The quantitative estimate of drug-likeness (QED) is 0.441. The van der Waals surface area contributed by atoms with Crippen molar-refractivity contribution >= 4 is 26.3 Å². The maximum atomic E-state index is 11.5. The van der Waals surface area contributed by atoms with Gasteiger partial charge in [0.05, 0.1) is 4.90 Å². The summed E-state index contributed by atoms with van der Waals surface area (Å²) in [4.78, 5) is 15.3. The Labute approximate surface area is 185 Å². The molecule has 1 aromatic heterocycles. The predicted molar refractivity (Wildman–Crippen MR) is 116 cm³/mol. The van der Waals surface area contributed by atoms with E-state index < -0.39 is 26.3 Å². The largest absolute Gasteiger partial charge is 0.440 e. The fourth-order valence-electron chi connectivity index (χ4n) is 2.88. The van der Waals surface area contributed by atoms with Gasteiger partial charge in [0.15, 0.2) is 11.7 Å². The van der Waals surface area contributed by atoms with Crippen LogP contribution in [0.3, 0.4) is 0 Å². The van der Waals surface area contributed by atoms with E-state index >= 15 is 0 Å². The lowest BCUT2D eigenvalue weighted by Crippen LogP contribution is -2.28. The van der Waals surface area contributed by atoms with Crippen molar-refractivity contribution in [2.45, 2.75) is 24.7 Å². The molecule has 0 aliphatic rings. The highest BCUT2D eigenvalue weighted by atomic mass is 32.2. The van der Waals surface area contributed by atoms with Crippen molar-refractivity contribution in [2.75, 3.05) is 6.54 Å². The van der Waals surface area contributed by atoms with Gasteiger partial charge >= 0.3 is 16.3 Å². The van der Waals surface area contributed by atoms with Crippen LogP contribution in [0.25, 0.3) is 22.6 Å². The number of hydrogen-bond acceptors (Lipinski definition) is 8. The third kappa shape index (κ3) is 6.23. The average Bonchev–Trinajstić information content (AvgIpc) is 3.15. The molecular formula is C20H21N3O7S2. The molecule has 0 atom stereocenters. The third-order valence-electron chi connectivity index (χ3n) is 4.24. The molecule has 0 amide bonds. The van der Waals surface area contributed by atoms with Crippen molar-refractivity contribution in [3.05, 3.63) is 60.5 Å². The lowest BCUT2D eigenvalue weighted by atomic mass is 10.1. The van der Waals surface area contributed by atoms with Crippen LogP contribution in [0.4, 0.5) is 0 Å². The summed E-state index contributed by atoms with van der Waals surface area (Å²) < 4.78 is 58.4. The molecule has 12 heteroatoms. The Bertz CT molecular complexity index is 1300. The summed E-state index contributed by atoms with van der Waals surface area (Å²) in [6, 6.07) is 15.2. The molecule has 0 saturated carbocycles. The van der Waals surface area contributed by atoms with E-state index in [0.717, 1.165) is 12.5 Å². The van der Waals surface area contributed by atoms with Crippen LogP contribution in [0.1, 0.15) is 19.2 Å². The van der Waals surface area contributed by atoms with Crippen LogP contribution in [0.15, 0.2) is 63.9 Å². The molecule has 1 heterocycles. The van der Waals surface area contributed by atoms with Crippen LogP contribution in [0.2, 0.25) is 0 Å². The van der Waals surface area contributed by atoms with E-state index in [1.807, 2.05) is 30.3 Å². The van der Waals surface area contributed by atoms with Gasteiger partial charge in [-0.25, -0.2) is 18.5 Å². The number of aryl methyl sites for hydroxylation is 1. The van der Waals surface area contributed by atoms with E-state index in [1.165, 1.54) is 12.1 Å². The van der Waals surface area contributed by atoms with E-state index in [4.69, 9.17) is 9.56 Å². The summed E-state index contributed by atoms with van der Waals surface area (Å²) in [5.74, 6) is -0.135. The second kappa shape index (κ2) is 9.61. The van der Waals surface area contributed by atoms with Crippen LogP contribution in [0.5, 0.6) is 0 Å². The molecule has 170 valence electrons. The summed E-state index contributed by atoms with van der Waals surface area (Å²) in [6.07, 6.45) is 0.636. The Morgan fingerprint density at radius 2 is 1.69 bits per heavy atom. The molecular weight excluding hydrogens is 458 g/mol. The van der Waals surface area contributed by atoms with E-state index in [0.29, 0.717) is 35.7 Å². The number of carbonyl (C=O) groups is 1. The van der Waals surface area contributed by atoms with Gasteiger partial charge in [0.1, 0.15) is 5.69 Å². The minimum absolute atomic E-state index is 0.0110. The van der Waals surface area contributed by atoms with Gasteiger partial charge in [-0.1, -0.05) is 30.3 Å². The number of aromatic nitrogens is 1. The number of oxazole rings is 1. The van der Waals surface area contributed by atoms with Gasteiger partial charge in [-0.2, -0.15) is 13.1 Å². The van der Waals surface area contributed by atoms with Gasteiger partial charge in [-0.05, 0) is 30.7 Å². The smallest absolute Gasteiger partial charge is 0.385 e. The standard InChI is InChI=1S/C20H21N3O7S2/c1-14(24)30-32(27,28)22-13-5-8-18-23-19(15-6-3-2-4-7-15)20(29-18)16-9-11-17(12-10-16)31(21,25)26/h2-4,6-7,9-12,22H,5,8,13H2,1H3,(H2,21,25,26). The van der Waals surface area contributed by atoms with Gasteiger partial charge in [-0.15, -0.1) is 0 Å². The van der Waals surface area contributed by atoms with Crippen molar-refractivity contribution in [3.8, 4) is 22.6 Å². The highest BCUT2D eigenvalue weighted by Crippen LogP contribution is 2.33. The fourth-order valence-corrected chi connectivity index (χ4v) is 4.15. The Balaban J connectivity index is 1.82. The number of nitrogens with one attached hydrogen (secondary N) is 1. The number of primary sulfonamides is 1. The normalized spacial score (nSPS) is 11.9. The van der Waals surface area contributed by atoms with Crippen molar-refractivity contribution in [1.29, 1.82) is 0 Å². The molecule has 32 heavy (non-hydrogen) atoms. The van der Waals surface area contributed by atoms with E-state index in [-0.39, 0.29) is 11.4 Å². The number of rotatable bonds is 9. The van der Waals surface area contributed by atoms with Crippen molar-refractivity contribution < 1.29 is 30.2 Å². The SMILES string of the molecule is CC(=O)OS(=O)(=O)NCCCc1nc(-c2ccccc2)c(-c2ccc(S(N)(=O)=O)cc2)o1. The number of carbonyl (C=O) groups excluding carboxylic acids is 1. The molecule has 0 aliphatic heterocycles. The third-order valence-corrected chi connectivity index (χ3v) is 6.18. The number of nitrogens with zero attached hydrogens (tertiary/aromatic N) is 1. The second-order valence-corrected chi connectivity index (χ2v) is 9.67. The Morgan fingerprint density at radius 1 is 1.03 bits per heavy atom. The zero-order chi connectivity index (χ0) is 23.4. The maximum Gasteiger partial charge on any atom is 0.385 e. The van der Waals surface area contributed by atoms with Crippen LogP contribution >= 0.6 is 0 Å². The van der Waals surface area contributed by atoms with Crippen molar-refractivity contribution in [1.82, 2.24) is 9.71 Å². The zero-order valence-electron chi connectivity index (χ0n) is 17.0. The number of sulfonamides is 1. The first-order valence-corrected chi connectivity index (χ1v) is 12.4. The molecule has 10 nitrogen and oxygen atoms in total. The van der Waals surface area contributed by atoms with Gasteiger partial charge in [0, 0.05) is 31.0 Å². The summed E-state index contributed by atoms with van der Waals surface area (Å²) in [6.45, 7) is 1.01. The highest BCUT2D eigenvalue weighted by Gasteiger charge is 2.18. The monoisotopic (exact) mass is 479 g/mol. The van der Waals surface area contributed by atoms with E-state index in [1.54, 1.807) is 12.1 Å². The van der Waals surface area contributed by atoms with Gasteiger partial charge in [0.25, 0.3) is 0 Å². The first-order chi connectivity index (χ1) is 15.0. The molecule has 0 spiro atoms. The van der Waals surface area contributed by atoms with Gasteiger partial charge < -0.3 is 8.60 Å². The molecule has 3 N–H and O–H groups in total. The van der Waals surface area contributed by atoms with Gasteiger partial charge in [0.2, 0.25) is 10.0 Å². The van der Waals surface area contributed by atoms with Crippen molar-refractivity contribution in [3.63, 3.8) is 0 Å². The van der Waals surface area contributed by atoms with E-state index in [9.17, 15) is 21.6 Å². The molecule has 3 aromatic rings. The summed E-state index contributed by atoms with van der Waals surface area (Å²) >= 11 is 0. The average molecular weight is 480 g/mol. The predicted octanol–water partition coefficient (Wildman–Crippen LogP) is 1.99. The molecule has 2 aromatic carbocycles. The molecule has 0 aliphatic carbocycles.